The van der Waals surface area contributed by atoms with Crippen molar-refractivity contribution >= 4 is 5.57 Å². The van der Waals surface area contributed by atoms with Crippen LogP contribution in [0.25, 0.3) is 5.57 Å². The van der Waals surface area contributed by atoms with E-state index in [9.17, 15) is 4.39 Å². The van der Waals surface area contributed by atoms with Gasteiger partial charge in [0, 0.05) is 5.57 Å². The molecule has 146 valence electrons. The number of rotatable bonds is 10. The second-order valence-corrected chi connectivity index (χ2v) is 6.70. The van der Waals surface area contributed by atoms with Crippen LogP contribution in [0.5, 0.6) is 0 Å². The maximum atomic E-state index is 15.1. The highest BCUT2D eigenvalue weighted by molar-refractivity contribution is 5.77. The third-order valence-electron chi connectivity index (χ3n) is 4.52. The van der Waals surface area contributed by atoms with E-state index in [0.29, 0.717) is 5.56 Å². The minimum Gasteiger partial charge on any atom is -0.344 e. The molecule has 1 aromatic rings. The number of nitrogens with zero attached hydrogens (tertiary/aromatic N) is 1. The van der Waals surface area contributed by atoms with Gasteiger partial charge in [0.15, 0.2) is 0 Å². The monoisotopic (exact) mass is 375 g/mol. The second-order valence-electron chi connectivity index (χ2n) is 6.70. The number of alkyl halides is 1. The third-order valence-corrected chi connectivity index (χ3v) is 4.52. The van der Waals surface area contributed by atoms with Crippen LogP contribution in [0, 0.1) is 11.3 Å². The summed E-state index contributed by atoms with van der Waals surface area (Å²) in [6, 6.07) is 10.7. The van der Waals surface area contributed by atoms with Gasteiger partial charge >= 0.3 is 0 Å². The van der Waals surface area contributed by atoms with Crippen LogP contribution in [0.4, 0.5) is 8.78 Å². The number of unbranched alkanes of at least 4 members (excludes halogenated alkanes) is 4. The van der Waals surface area contributed by atoms with Gasteiger partial charge < -0.3 is 9.47 Å². The van der Waals surface area contributed by atoms with Crippen molar-refractivity contribution in [3.8, 4) is 6.07 Å². The number of hydrogen-bond acceptors (Lipinski definition) is 3. The molecular formula is C22H27F2NO2. The molecule has 0 saturated carbocycles. The lowest BCUT2D eigenvalue weighted by atomic mass is 9.93. The molecule has 2 rings (SSSR count). The molecule has 27 heavy (non-hydrogen) atoms. The first kappa shape index (κ1) is 21.3. The molecule has 0 radical (unpaired) electrons. The number of halogens is 2. The van der Waals surface area contributed by atoms with E-state index in [1.807, 2.05) is 12.1 Å². The maximum absolute atomic E-state index is 15.1. The molecule has 0 spiro atoms. The number of benzene rings is 1. The maximum Gasteiger partial charge on any atom is 0.228 e. The minimum absolute atomic E-state index is 0.165. The number of nitriles is 1. The van der Waals surface area contributed by atoms with Gasteiger partial charge in [-0.1, -0.05) is 69.0 Å². The Morgan fingerprint density at radius 1 is 1.19 bits per heavy atom. The van der Waals surface area contributed by atoms with Crippen molar-refractivity contribution in [2.45, 2.75) is 64.0 Å². The fourth-order valence-corrected chi connectivity index (χ4v) is 3.02. The van der Waals surface area contributed by atoms with Gasteiger partial charge in [-0.15, -0.1) is 0 Å². The lowest BCUT2D eigenvalue weighted by molar-refractivity contribution is -0.244. The largest absolute Gasteiger partial charge is 0.344 e. The van der Waals surface area contributed by atoms with E-state index in [2.05, 4.69) is 6.92 Å². The first-order valence-electron chi connectivity index (χ1n) is 9.54. The Balaban J connectivity index is 2.16. The Bertz CT molecular complexity index is 696. The molecule has 3 atom stereocenters. The first-order chi connectivity index (χ1) is 13.0. The van der Waals surface area contributed by atoms with Crippen LogP contribution >= 0.6 is 0 Å². The van der Waals surface area contributed by atoms with Gasteiger partial charge in [0.25, 0.3) is 0 Å². The average molecular weight is 375 g/mol. The molecule has 0 amide bonds. The zero-order valence-electron chi connectivity index (χ0n) is 16.0. The summed E-state index contributed by atoms with van der Waals surface area (Å²) in [7, 11) is 0. The molecule has 0 saturated heterocycles. The van der Waals surface area contributed by atoms with Crippen LogP contribution < -0.4 is 0 Å². The Morgan fingerprint density at radius 2 is 1.89 bits per heavy atom. The van der Waals surface area contributed by atoms with Crippen LogP contribution in [0.2, 0.25) is 0 Å². The summed E-state index contributed by atoms with van der Waals surface area (Å²) in [6.45, 7) is 3.85. The molecule has 3 nitrogen and oxygen atoms in total. The van der Waals surface area contributed by atoms with E-state index < -0.39 is 23.9 Å². The van der Waals surface area contributed by atoms with Gasteiger partial charge in [-0.3, -0.25) is 0 Å². The van der Waals surface area contributed by atoms with Crippen molar-refractivity contribution in [1.29, 1.82) is 5.26 Å². The fourth-order valence-electron chi connectivity index (χ4n) is 3.02. The zero-order valence-corrected chi connectivity index (χ0v) is 16.0. The van der Waals surface area contributed by atoms with Crippen molar-refractivity contribution in [3.05, 3.63) is 53.9 Å². The molecule has 0 aromatic heterocycles. The van der Waals surface area contributed by atoms with E-state index in [-0.39, 0.29) is 12.2 Å². The second kappa shape index (κ2) is 10.3. The molecule has 1 aliphatic carbocycles. The van der Waals surface area contributed by atoms with Crippen LogP contribution in [0.15, 0.2) is 48.3 Å². The Kier molecular flexibility index (Phi) is 8.15. The van der Waals surface area contributed by atoms with Crippen molar-refractivity contribution < 1.29 is 18.3 Å². The normalized spacial score (nSPS) is 23.3. The van der Waals surface area contributed by atoms with Gasteiger partial charge in [0.2, 0.25) is 12.0 Å². The number of ether oxygens (including phenoxy) is 2. The summed E-state index contributed by atoms with van der Waals surface area (Å²) in [5, 5.41) is 9.05. The van der Waals surface area contributed by atoms with Crippen molar-refractivity contribution in [3.63, 3.8) is 0 Å². The number of allylic oxidation sites excluding steroid dienone is 2. The molecule has 0 heterocycles. The third kappa shape index (κ3) is 5.47. The summed E-state index contributed by atoms with van der Waals surface area (Å²) >= 11 is 0. The highest BCUT2D eigenvalue weighted by atomic mass is 19.2. The van der Waals surface area contributed by atoms with Gasteiger partial charge in [0.1, 0.15) is 11.9 Å². The van der Waals surface area contributed by atoms with Crippen LogP contribution in [0.3, 0.4) is 0 Å². The van der Waals surface area contributed by atoms with Crippen molar-refractivity contribution in [2.24, 2.45) is 0 Å². The van der Waals surface area contributed by atoms with Gasteiger partial charge in [-0.05, 0) is 25.0 Å². The van der Waals surface area contributed by atoms with E-state index >= 15 is 4.39 Å². The Hall–Kier alpha value is -2.03. The number of hydrogen-bond donors (Lipinski definition) is 0. The summed E-state index contributed by atoms with van der Waals surface area (Å²) < 4.78 is 41.2. The Labute approximate surface area is 160 Å². The standard InChI is InChI=1S/C22H27F2NO2/c1-3-4-5-6-10-15-26-22(27-17(2)16-25)14-13-19(20(23)21(22)24)18-11-8-7-9-12-18/h7-9,11-14,17,21H,3-6,10,15H2,1-2H3. The minimum atomic E-state index is -2.14. The lowest BCUT2D eigenvalue weighted by Gasteiger charge is -2.36. The zero-order chi connectivity index (χ0) is 19.7. The Morgan fingerprint density at radius 3 is 2.56 bits per heavy atom. The molecule has 1 aliphatic rings. The van der Waals surface area contributed by atoms with Crippen LogP contribution in [-0.2, 0) is 9.47 Å². The summed E-state index contributed by atoms with van der Waals surface area (Å²) in [5.74, 6) is -2.86. The molecule has 3 unspecified atom stereocenters. The van der Waals surface area contributed by atoms with Crippen LogP contribution in [0.1, 0.15) is 51.5 Å². The molecule has 0 bridgehead atoms. The lowest BCUT2D eigenvalue weighted by Crippen LogP contribution is -2.47. The van der Waals surface area contributed by atoms with E-state index in [1.165, 1.54) is 19.1 Å². The highest BCUT2D eigenvalue weighted by Gasteiger charge is 2.47. The predicted molar refractivity (Wildman–Crippen MR) is 102 cm³/mol. The summed E-state index contributed by atoms with van der Waals surface area (Å²) in [5.41, 5.74) is 0.744. The molecule has 0 aliphatic heterocycles. The van der Waals surface area contributed by atoms with E-state index in [1.54, 1.807) is 24.3 Å². The molecule has 0 N–H and O–H groups in total. The van der Waals surface area contributed by atoms with E-state index in [4.69, 9.17) is 14.7 Å². The fraction of sp³-hybridized carbons (Fsp3) is 0.500. The SMILES string of the molecule is CCCCCCCOC1(OC(C)C#N)C=CC(c2ccccc2)=C(F)C1F. The molecule has 5 heteroatoms. The highest BCUT2D eigenvalue weighted by Crippen LogP contribution is 2.39. The predicted octanol–water partition coefficient (Wildman–Crippen LogP) is 5.89. The summed E-state index contributed by atoms with van der Waals surface area (Å²) in [4.78, 5) is 0. The van der Waals surface area contributed by atoms with Gasteiger partial charge in [0.05, 0.1) is 12.7 Å². The van der Waals surface area contributed by atoms with Crippen molar-refractivity contribution in [1.82, 2.24) is 0 Å². The average Bonchev–Trinajstić information content (AvgIpc) is 2.69. The molecular weight excluding hydrogens is 348 g/mol. The smallest absolute Gasteiger partial charge is 0.228 e. The molecule has 1 aromatic carbocycles. The van der Waals surface area contributed by atoms with Gasteiger partial charge in [-0.2, -0.15) is 5.26 Å². The summed E-state index contributed by atoms with van der Waals surface area (Å²) in [6.07, 6.45) is 4.81. The van der Waals surface area contributed by atoms with Crippen molar-refractivity contribution in [2.75, 3.05) is 6.61 Å². The van der Waals surface area contributed by atoms with Crippen LogP contribution in [-0.4, -0.2) is 24.7 Å². The van der Waals surface area contributed by atoms with E-state index in [0.717, 1.165) is 32.1 Å². The topological polar surface area (TPSA) is 42.2 Å². The van der Waals surface area contributed by atoms with Gasteiger partial charge in [-0.25, -0.2) is 8.78 Å². The molecule has 0 fully saturated rings. The quantitative estimate of drug-likeness (QED) is 0.378. The first-order valence-corrected chi connectivity index (χ1v) is 9.54.